The molecule has 1 aromatic carbocycles. The van der Waals surface area contributed by atoms with E-state index >= 15 is 0 Å². The Bertz CT molecular complexity index is 808. The molecular weight excluding hydrogens is 366 g/mol. The van der Waals surface area contributed by atoms with E-state index < -0.39 is 0 Å². The van der Waals surface area contributed by atoms with Crippen LogP contribution in [0.5, 0.6) is 5.75 Å². The SMILES string of the molecule is COc1ccccc1N1CCC(NC(=O)CN2CCN(c3ccccn3)CC2)C1. The lowest BCUT2D eigenvalue weighted by Gasteiger charge is -2.35. The number of pyridine rings is 1. The van der Waals surface area contributed by atoms with E-state index in [1.54, 1.807) is 7.11 Å². The first kappa shape index (κ1) is 19.5. The van der Waals surface area contributed by atoms with Gasteiger partial charge in [-0.15, -0.1) is 0 Å². The molecule has 0 spiro atoms. The molecule has 2 aliphatic heterocycles. The molecule has 1 aromatic heterocycles. The van der Waals surface area contributed by atoms with Gasteiger partial charge in [0.05, 0.1) is 19.3 Å². The van der Waals surface area contributed by atoms with Crippen molar-refractivity contribution in [1.82, 2.24) is 15.2 Å². The summed E-state index contributed by atoms with van der Waals surface area (Å²) in [7, 11) is 1.70. The maximum atomic E-state index is 12.6. The quantitative estimate of drug-likeness (QED) is 0.802. The number of carbonyl (C=O) groups is 1. The summed E-state index contributed by atoms with van der Waals surface area (Å²) in [4.78, 5) is 23.8. The molecule has 0 radical (unpaired) electrons. The van der Waals surface area contributed by atoms with Crippen molar-refractivity contribution in [3.63, 3.8) is 0 Å². The molecule has 0 saturated carbocycles. The molecule has 4 rings (SSSR count). The number of amides is 1. The van der Waals surface area contributed by atoms with Crippen molar-refractivity contribution in [2.24, 2.45) is 0 Å². The molecular formula is C22H29N5O2. The topological polar surface area (TPSA) is 60.9 Å². The number of piperazine rings is 1. The molecule has 2 aromatic rings. The summed E-state index contributed by atoms with van der Waals surface area (Å²) in [6.07, 6.45) is 2.78. The zero-order valence-electron chi connectivity index (χ0n) is 17.0. The Kier molecular flexibility index (Phi) is 6.14. The highest BCUT2D eigenvalue weighted by Crippen LogP contribution is 2.30. The molecule has 29 heavy (non-hydrogen) atoms. The summed E-state index contributed by atoms with van der Waals surface area (Å²) in [6, 6.07) is 14.2. The molecule has 1 atom stereocenters. The van der Waals surface area contributed by atoms with Crippen molar-refractivity contribution in [2.45, 2.75) is 12.5 Å². The van der Waals surface area contributed by atoms with Gasteiger partial charge in [0, 0.05) is 51.5 Å². The highest BCUT2D eigenvalue weighted by molar-refractivity contribution is 5.78. The minimum atomic E-state index is 0.114. The van der Waals surface area contributed by atoms with E-state index in [0.29, 0.717) is 6.54 Å². The first-order valence-corrected chi connectivity index (χ1v) is 10.3. The van der Waals surface area contributed by atoms with E-state index in [2.05, 4.69) is 31.1 Å². The third kappa shape index (κ3) is 4.79. The third-order valence-electron chi connectivity index (χ3n) is 5.69. The van der Waals surface area contributed by atoms with Gasteiger partial charge in [-0.3, -0.25) is 9.69 Å². The van der Waals surface area contributed by atoms with E-state index in [-0.39, 0.29) is 11.9 Å². The normalized spacial score (nSPS) is 20.0. The largest absolute Gasteiger partial charge is 0.495 e. The molecule has 1 unspecified atom stereocenters. The molecule has 2 saturated heterocycles. The third-order valence-corrected chi connectivity index (χ3v) is 5.69. The second-order valence-electron chi connectivity index (χ2n) is 7.62. The minimum absolute atomic E-state index is 0.114. The Morgan fingerprint density at radius 2 is 1.86 bits per heavy atom. The minimum Gasteiger partial charge on any atom is -0.495 e. The maximum absolute atomic E-state index is 12.6. The first-order chi connectivity index (χ1) is 14.2. The van der Waals surface area contributed by atoms with Crippen LogP contribution >= 0.6 is 0 Å². The Morgan fingerprint density at radius 1 is 1.07 bits per heavy atom. The Labute approximate surface area is 172 Å². The van der Waals surface area contributed by atoms with Crippen LogP contribution < -0.4 is 19.9 Å². The number of ether oxygens (including phenoxy) is 1. The number of para-hydroxylation sites is 2. The second kappa shape index (κ2) is 9.13. The lowest BCUT2D eigenvalue weighted by Crippen LogP contribution is -2.51. The number of hydrogen-bond donors (Lipinski definition) is 1. The summed E-state index contributed by atoms with van der Waals surface area (Å²) >= 11 is 0. The number of methoxy groups -OCH3 is 1. The fourth-order valence-corrected chi connectivity index (χ4v) is 4.14. The highest BCUT2D eigenvalue weighted by Gasteiger charge is 2.27. The molecule has 2 aliphatic rings. The van der Waals surface area contributed by atoms with Crippen molar-refractivity contribution < 1.29 is 9.53 Å². The van der Waals surface area contributed by atoms with Gasteiger partial charge < -0.3 is 19.9 Å². The van der Waals surface area contributed by atoms with E-state index in [0.717, 1.165) is 62.9 Å². The summed E-state index contributed by atoms with van der Waals surface area (Å²) in [6.45, 7) is 5.75. The van der Waals surface area contributed by atoms with Crippen molar-refractivity contribution >= 4 is 17.4 Å². The van der Waals surface area contributed by atoms with Gasteiger partial charge in [-0.1, -0.05) is 18.2 Å². The zero-order valence-corrected chi connectivity index (χ0v) is 17.0. The summed E-state index contributed by atoms with van der Waals surface area (Å²) in [5.74, 6) is 2.01. The standard InChI is InChI=1S/C22H29N5O2/c1-29-20-7-3-2-6-19(20)27-11-9-18(16-27)24-22(28)17-25-12-14-26(15-13-25)21-8-4-5-10-23-21/h2-8,10,18H,9,11-17H2,1H3,(H,24,28). The second-order valence-corrected chi connectivity index (χ2v) is 7.62. The molecule has 7 nitrogen and oxygen atoms in total. The van der Waals surface area contributed by atoms with Crippen molar-refractivity contribution in [3.8, 4) is 5.75 Å². The maximum Gasteiger partial charge on any atom is 0.234 e. The lowest BCUT2D eigenvalue weighted by molar-refractivity contribution is -0.122. The summed E-state index contributed by atoms with van der Waals surface area (Å²) in [5, 5.41) is 3.22. The molecule has 0 aliphatic carbocycles. The van der Waals surface area contributed by atoms with Crippen LogP contribution in [0.1, 0.15) is 6.42 Å². The molecule has 0 bridgehead atoms. The first-order valence-electron chi connectivity index (χ1n) is 10.3. The van der Waals surface area contributed by atoms with Gasteiger partial charge in [-0.25, -0.2) is 4.98 Å². The predicted molar refractivity (Wildman–Crippen MR) is 115 cm³/mol. The molecule has 3 heterocycles. The van der Waals surface area contributed by atoms with E-state index in [9.17, 15) is 4.79 Å². The van der Waals surface area contributed by atoms with Gasteiger partial charge in [-0.05, 0) is 30.7 Å². The Balaban J connectivity index is 1.23. The van der Waals surface area contributed by atoms with E-state index in [1.165, 1.54) is 0 Å². The number of hydrogen-bond acceptors (Lipinski definition) is 6. The number of benzene rings is 1. The number of aromatic nitrogens is 1. The fourth-order valence-electron chi connectivity index (χ4n) is 4.14. The van der Waals surface area contributed by atoms with Crippen molar-refractivity contribution in [1.29, 1.82) is 0 Å². The van der Waals surface area contributed by atoms with Crippen LogP contribution in [0, 0.1) is 0 Å². The Hall–Kier alpha value is -2.80. The number of nitrogens with one attached hydrogen (secondary N) is 1. The van der Waals surface area contributed by atoms with Crippen LogP contribution in [0.2, 0.25) is 0 Å². The van der Waals surface area contributed by atoms with Gasteiger partial charge in [-0.2, -0.15) is 0 Å². The number of nitrogens with zero attached hydrogens (tertiary/aromatic N) is 4. The number of rotatable bonds is 6. The van der Waals surface area contributed by atoms with Crippen LogP contribution in [0.3, 0.4) is 0 Å². The van der Waals surface area contributed by atoms with Crippen molar-refractivity contribution in [3.05, 3.63) is 48.7 Å². The molecule has 1 N–H and O–H groups in total. The van der Waals surface area contributed by atoms with Crippen LogP contribution in [0.25, 0.3) is 0 Å². The van der Waals surface area contributed by atoms with Gasteiger partial charge in [0.25, 0.3) is 0 Å². The predicted octanol–water partition coefficient (Wildman–Crippen LogP) is 1.61. The molecule has 1 amide bonds. The molecule has 7 heteroatoms. The van der Waals surface area contributed by atoms with Gasteiger partial charge >= 0.3 is 0 Å². The van der Waals surface area contributed by atoms with Crippen LogP contribution in [0.4, 0.5) is 11.5 Å². The summed E-state index contributed by atoms with van der Waals surface area (Å²) < 4.78 is 5.47. The van der Waals surface area contributed by atoms with E-state index in [1.807, 2.05) is 42.6 Å². The number of carbonyl (C=O) groups excluding carboxylic acids is 1. The van der Waals surface area contributed by atoms with Crippen LogP contribution in [-0.4, -0.2) is 74.8 Å². The monoisotopic (exact) mass is 395 g/mol. The highest BCUT2D eigenvalue weighted by atomic mass is 16.5. The molecule has 2 fully saturated rings. The molecule has 154 valence electrons. The van der Waals surface area contributed by atoms with Gasteiger partial charge in [0.1, 0.15) is 11.6 Å². The van der Waals surface area contributed by atoms with Crippen LogP contribution in [0.15, 0.2) is 48.7 Å². The average molecular weight is 396 g/mol. The smallest absolute Gasteiger partial charge is 0.234 e. The average Bonchev–Trinajstić information content (AvgIpc) is 3.23. The van der Waals surface area contributed by atoms with Gasteiger partial charge in [0.2, 0.25) is 5.91 Å². The fraction of sp³-hybridized carbons (Fsp3) is 0.455. The summed E-state index contributed by atoms with van der Waals surface area (Å²) in [5.41, 5.74) is 1.09. The van der Waals surface area contributed by atoms with Crippen molar-refractivity contribution in [2.75, 3.05) is 62.7 Å². The lowest BCUT2D eigenvalue weighted by atomic mass is 10.2. The Morgan fingerprint density at radius 3 is 2.62 bits per heavy atom. The van der Waals surface area contributed by atoms with E-state index in [4.69, 9.17) is 4.74 Å². The zero-order chi connectivity index (χ0) is 20.1. The van der Waals surface area contributed by atoms with Crippen LogP contribution in [-0.2, 0) is 4.79 Å². The number of anilines is 2. The van der Waals surface area contributed by atoms with Gasteiger partial charge in [0.15, 0.2) is 0 Å².